The maximum atomic E-state index is 12.3. The summed E-state index contributed by atoms with van der Waals surface area (Å²) in [5.74, 6) is 0.591. The molecule has 0 saturated carbocycles. The Labute approximate surface area is 150 Å². The van der Waals surface area contributed by atoms with Crippen LogP contribution in [0.5, 0.6) is 5.75 Å². The van der Waals surface area contributed by atoms with Crippen LogP contribution in [0.15, 0.2) is 54.6 Å². The van der Waals surface area contributed by atoms with E-state index in [1.807, 2.05) is 18.2 Å². The maximum absolute atomic E-state index is 12.3. The van der Waals surface area contributed by atoms with E-state index >= 15 is 0 Å². The number of nitrogens with zero attached hydrogens (tertiary/aromatic N) is 2. The quantitative estimate of drug-likeness (QED) is 0.818. The number of hydrogen-bond donors (Lipinski definition) is 0. The molecule has 4 nitrogen and oxygen atoms in total. The lowest BCUT2D eigenvalue weighted by atomic mass is 9.85. The topological polar surface area (TPSA) is 32.8 Å². The van der Waals surface area contributed by atoms with E-state index < -0.39 is 0 Å². The molecular weight excluding hydrogens is 312 g/mol. The van der Waals surface area contributed by atoms with Crippen LogP contribution in [0.25, 0.3) is 0 Å². The summed E-state index contributed by atoms with van der Waals surface area (Å²) in [5.41, 5.74) is 2.71. The van der Waals surface area contributed by atoms with E-state index in [2.05, 4.69) is 49.9 Å². The molecule has 0 spiro atoms. The van der Waals surface area contributed by atoms with Crippen molar-refractivity contribution < 1.29 is 9.53 Å². The second-order valence-electron chi connectivity index (χ2n) is 7.42. The minimum Gasteiger partial charge on any atom is -0.410 e. The third-order valence-electron chi connectivity index (χ3n) is 4.54. The van der Waals surface area contributed by atoms with Gasteiger partial charge in [-0.1, -0.05) is 57.2 Å². The van der Waals surface area contributed by atoms with Crippen molar-refractivity contribution in [2.45, 2.75) is 26.2 Å². The normalized spacial score (nSPS) is 15.2. The molecule has 0 aromatic heterocycles. The third-order valence-corrected chi connectivity index (χ3v) is 4.54. The van der Waals surface area contributed by atoms with Gasteiger partial charge in [0, 0.05) is 31.9 Å². The molecule has 1 saturated heterocycles. The van der Waals surface area contributed by atoms with E-state index in [9.17, 15) is 4.79 Å². The Bertz CT molecular complexity index is 714. The van der Waals surface area contributed by atoms with E-state index in [0.717, 1.165) is 13.1 Å². The van der Waals surface area contributed by atoms with Gasteiger partial charge in [-0.2, -0.15) is 0 Å². The molecule has 0 aliphatic carbocycles. The summed E-state index contributed by atoms with van der Waals surface area (Å²) in [4.78, 5) is 16.5. The first kappa shape index (κ1) is 17.3. The molecule has 1 amide bonds. The van der Waals surface area contributed by atoms with E-state index in [1.165, 1.54) is 11.3 Å². The minimum atomic E-state index is -0.269. The van der Waals surface area contributed by atoms with E-state index in [1.54, 1.807) is 17.0 Å². The summed E-state index contributed by atoms with van der Waals surface area (Å²) in [6.45, 7) is 9.68. The van der Waals surface area contributed by atoms with Gasteiger partial charge < -0.3 is 14.5 Å². The maximum Gasteiger partial charge on any atom is 0.415 e. The van der Waals surface area contributed by atoms with Gasteiger partial charge in [0.05, 0.1) is 0 Å². The van der Waals surface area contributed by atoms with Crippen LogP contribution in [0.2, 0.25) is 0 Å². The largest absolute Gasteiger partial charge is 0.415 e. The van der Waals surface area contributed by atoms with Crippen LogP contribution in [0.3, 0.4) is 0 Å². The lowest BCUT2D eigenvalue weighted by Crippen LogP contribution is -2.50. The van der Waals surface area contributed by atoms with Crippen molar-refractivity contribution in [3.63, 3.8) is 0 Å². The number of carbonyl (C=O) groups excluding carboxylic acids is 1. The van der Waals surface area contributed by atoms with Crippen molar-refractivity contribution in [1.82, 2.24) is 4.90 Å². The van der Waals surface area contributed by atoms with Crippen molar-refractivity contribution >= 4 is 11.8 Å². The van der Waals surface area contributed by atoms with Gasteiger partial charge in [-0.3, -0.25) is 0 Å². The summed E-state index contributed by atoms with van der Waals surface area (Å²) in [5, 5.41) is 0. The van der Waals surface area contributed by atoms with Gasteiger partial charge in [0.2, 0.25) is 0 Å². The number of benzene rings is 2. The highest BCUT2D eigenvalue weighted by molar-refractivity contribution is 5.71. The van der Waals surface area contributed by atoms with Crippen LogP contribution in [0, 0.1) is 0 Å². The number of anilines is 1. The lowest BCUT2D eigenvalue weighted by Gasteiger charge is -2.38. The van der Waals surface area contributed by atoms with Gasteiger partial charge in [0.15, 0.2) is 0 Å². The molecule has 1 heterocycles. The number of piperazine rings is 1. The van der Waals surface area contributed by atoms with Crippen LogP contribution in [-0.4, -0.2) is 37.2 Å². The Balaban J connectivity index is 1.64. The Hall–Kier alpha value is -2.49. The van der Waals surface area contributed by atoms with Crippen LogP contribution in [-0.2, 0) is 5.41 Å². The summed E-state index contributed by atoms with van der Waals surface area (Å²) < 4.78 is 5.44. The summed E-state index contributed by atoms with van der Waals surface area (Å²) >= 11 is 0. The average Bonchev–Trinajstić information content (AvgIpc) is 2.62. The monoisotopic (exact) mass is 338 g/mol. The molecule has 132 valence electrons. The molecule has 0 radical (unpaired) electrons. The predicted octanol–water partition coefficient (Wildman–Crippen LogP) is 4.31. The number of amides is 1. The van der Waals surface area contributed by atoms with Crippen LogP contribution >= 0.6 is 0 Å². The molecule has 3 rings (SSSR count). The number of carbonyl (C=O) groups is 1. The smallest absolute Gasteiger partial charge is 0.410 e. The van der Waals surface area contributed by atoms with Crippen LogP contribution < -0.4 is 9.64 Å². The Morgan fingerprint density at radius 1 is 0.880 bits per heavy atom. The third kappa shape index (κ3) is 4.13. The molecule has 0 unspecified atom stereocenters. The van der Waals surface area contributed by atoms with Gasteiger partial charge in [-0.05, 0) is 29.2 Å². The van der Waals surface area contributed by atoms with E-state index in [4.69, 9.17) is 4.74 Å². The molecule has 0 atom stereocenters. The molecule has 2 aromatic carbocycles. The zero-order valence-corrected chi connectivity index (χ0v) is 15.2. The first-order chi connectivity index (χ1) is 11.9. The molecule has 0 N–H and O–H groups in total. The zero-order chi connectivity index (χ0) is 17.9. The van der Waals surface area contributed by atoms with Gasteiger partial charge in [0.1, 0.15) is 5.75 Å². The summed E-state index contributed by atoms with van der Waals surface area (Å²) in [6, 6.07) is 17.8. The number of ether oxygens (including phenoxy) is 1. The molecule has 1 aliphatic rings. The highest BCUT2D eigenvalue weighted by Gasteiger charge is 2.26. The van der Waals surface area contributed by atoms with Gasteiger partial charge in [0.25, 0.3) is 0 Å². The summed E-state index contributed by atoms with van der Waals surface area (Å²) in [7, 11) is 0. The first-order valence-electron chi connectivity index (χ1n) is 8.81. The number of hydrogen-bond acceptors (Lipinski definition) is 3. The Morgan fingerprint density at radius 2 is 1.48 bits per heavy atom. The highest BCUT2D eigenvalue weighted by atomic mass is 16.6. The second-order valence-corrected chi connectivity index (χ2v) is 7.42. The SMILES string of the molecule is CC(C)(C)c1ccccc1N1CCN(C(=O)Oc2ccccc2)CC1. The summed E-state index contributed by atoms with van der Waals surface area (Å²) in [6.07, 6.45) is -0.269. The highest BCUT2D eigenvalue weighted by Crippen LogP contribution is 2.32. The van der Waals surface area contributed by atoms with Crippen LogP contribution in [0.1, 0.15) is 26.3 Å². The lowest BCUT2D eigenvalue weighted by molar-refractivity contribution is 0.149. The average molecular weight is 338 g/mol. The molecule has 0 bridgehead atoms. The minimum absolute atomic E-state index is 0.0972. The van der Waals surface area contributed by atoms with Gasteiger partial charge >= 0.3 is 6.09 Å². The molecule has 2 aromatic rings. The molecule has 1 aliphatic heterocycles. The number of rotatable bonds is 2. The van der Waals surface area contributed by atoms with Crippen molar-refractivity contribution in [3.05, 3.63) is 60.2 Å². The molecule has 1 fully saturated rings. The predicted molar refractivity (Wildman–Crippen MR) is 101 cm³/mol. The molecule has 4 heteroatoms. The Morgan fingerprint density at radius 3 is 2.12 bits per heavy atom. The van der Waals surface area contributed by atoms with Gasteiger partial charge in [-0.25, -0.2) is 4.79 Å². The van der Waals surface area contributed by atoms with Crippen molar-refractivity contribution in [2.75, 3.05) is 31.1 Å². The van der Waals surface area contributed by atoms with Crippen molar-refractivity contribution in [3.8, 4) is 5.75 Å². The first-order valence-corrected chi connectivity index (χ1v) is 8.81. The van der Waals surface area contributed by atoms with Crippen LogP contribution in [0.4, 0.5) is 10.5 Å². The fourth-order valence-corrected chi connectivity index (χ4v) is 3.17. The van der Waals surface area contributed by atoms with Crippen molar-refractivity contribution in [1.29, 1.82) is 0 Å². The fraction of sp³-hybridized carbons (Fsp3) is 0.381. The van der Waals surface area contributed by atoms with Crippen molar-refractivity contribution in [2.24, 2.45) is 0 Å². The second kappa shape index (κ2) is 7.18. The van der Waals surface area contributed by atoms with Gasteiger partial charge in [-0.15, -0.1) is 0 Å². The van der Waals surface area contributed by atoms with E-state index in [-0.39, 0.29) is 11.5 Å². The standard InChI is InChI=1S/C21H26N2O2/c1-21(2,3)18-11-7-8-12-19(18)22-13-15-23(16-14-22)20(24)25-17-9-5-4-6-10-17/h4-12H,13-16H2,1-3H3. The molecular formula is C21H26N2O2. The Kier molecular flexibility index (Phi) is 4.98. The molecule has 25 heavy (non-hydrogen) atoms. The zero-order valence-electron chi connectivity index (χ0n) is 15.2. The number of para-hydroxylation sites is 2. The van der Waals surface area contributed by atoms with E-state index in [0.29, 0.717) is 18.8 Å². The fourth-order valence-electron chi connectivity index (χ4n) is 3.17.